The molecule has 33 heavy (non-hydrogen) atoms. The van der Waals surface area contributed by atoms with Crippen LogP contribution in [0.25, 0.3) is 11.3 Å². The first-order chi connectivity index (χ1) is 16.1. The normalized spacial score (nSPS) is 16.3. The van der Waals surface area contributed by atoms with Gasteiger partial charge >= 0.3 is 0 Å². The molecular weight excluding hydrogens is 418 g/mol. The van der Waals surface area contributed by atoms with Gasteiger partial charge in [-0.2, -0.15) is 0 Å². The van der Waals surface area contributed by atoms with Gasteiger partial charge in [0.05, 0.1) is 10.6 Å². The molecule has 1 aromatic heterocycles. The molecule has 1 amide bonds. The number of carbonyl (C=O) groups excluding carboxylic acids is 1. The lowest BCUT2D eigenvalue weighted by molar-refractivity contribution is -0.384. The first-order valence-electron chi connectivity index (χ1n) is 11.5. The van der Waals surface area contributed by atoms with Crippen LogP contribution in [0.5, 0.6) is 0 Å². The van der Waals surface area contributed by atoms with E-state index >= 15 is 0 Å². The number of carbonyl (C=O) groups is 1. The number of fused-ring (bicyclic) bond motifs is 1. The van der Waals surface area contributed by atoms with Crippen LogP contribution in [0.15, 0.2) is 54.7 Å². The molecule has 5 rings (SSSR count). The van der Waals surface area contributed by atoms with Crippen LogP contribution in [-0.4, -0.2) is 33.5 Å². The van der Waals surface area contributed by atoms with Crippen molar-refractivity contribution in [3.05, 3.63) is 70.7 Å². The summed E-state index contributed by atoms with van der Waals surface area (Å²) in [4.78, 5) is 30.5. The average Bonchev–Trinajstić information content (AvgIpc) is 3.29. The Balaban J connectivity index is 1.19. The molecule has 1 N–H and O–H groups in total. The summed E-state index contributed by atoms with van der Waals surface area (Å²) < 4.78 is 2.24. The number of amides is 1. The van der Waals surface area contributed by atoms with E-state index in [1.54, 1.807) is 12.1 Å². The Morgan fingerprint density at radius 1 is 1.03 bits per heavy atom. The van der Waals surface area contributed by atoms with Crippen molar-refractivity contribution in [2.75, 3.05) is 23.3 Å². The zero-order valence-corrected chi connectivity index (χ0v) is 18.4. The van der Waals surface area contributed by atoms with Crippen molar-refractivity contribution in [1.82, 2.24) is 9.55 Å². The number of imidazole rings is 1. The van der Waals surface area contributed by atoms with Crippen LogP contribution in [0, 0.1) is 16.0 Å². The van der Waals surface area contributed by atoms with Crippen LogP contribution >= 0.6 is 0 Å². The molecule has 1 saturated heterocycles. The molecule has 170 valence electrons. The molecule has 0 aliphatic carbocycles. The maximum atomic E-state index is 12.8. The van der Waals surface area contributed by atoms with Crippen LogP contribution in [0.3, 0.4) is 0 Å². The number of nitro groups is 1. The Morgan fingerprint density at radius 3 is 2.52 bits per heavy atom. The van der Waals surface area contributed by atoms with E-state index in [0.717, 1.165) is 35.7 Å². The molecular formula is C25H27N5O3. The molecule has 2 aliphatic rings. The molecule has 2 aromatic carbocycles. The van der Waals surface area contributed by atoms with Crippen molar-refractivity contribution < 1.29 is 9.72 Å². The van der Waals surface area contributed by atoms with Crippen LogP contribution in [0.1, 0.15) is 31.5 Å². The van der Waals surface area contributed by atoms with Crippen LogP contribution in [0.2, 0.25) is 0 Å². The number of aryl methyl sites for hydroxylation is 2. The van der Waals surface area contributed by atoms with Gasteiger partial charge in [0.2, 0.25) is 5.91 Å². The highest BCUT2D eigenvalue weighted by molar-refractivity contribution is 5.93. The molecule has 0 spiro atoms. The number of benzene rings is 2. The Hall–Kier alpha value is -3.68. The van der Waals surface area contributed by atoms with E-state index in [9.17, 15) is 14.9 Å². The third-order valence-electron chi connectivity index (χ3n) is 6.64. The third-order valence-corrected chi connectivity index (χ3v) is 6.64. The van der Waals surface area contributed by atoms with E-state index in [0.29, 0.717) is 31.6 Å². The molecule has 0 radical (unpaired) electrons. The van der Waals surface area contributed by atoms with Gasteiger partial charge in [0.1, 0.15) is 11.5 Å². The van der Waals surface area contributed by atoms with Crippen molar-refractivity contribution in [1.29, 1.82) is 0 Å². The fraction of sp³-hybridized carbons (Fsp3) is 0.360. The Kier molecular flexibility index (Phi) is 5.81. The molecule has 0 saturated carbocycles. The summed E-state index contributed by atoms with van der Waals surface area (Å²) in [5.41, 5.74) is 3.53. The lowest BCUT2D eigenvalue weighted by atomic mass is 9.95. The van der Waals surface area contributed by atoms with Crippen molar-refractivity contribution in [2.24, 2.45) is 5.92 Å². The Labute approximate surface area is 192 Å². The highest BCUT2D eigenvalue weighted by atomic mass is 16.6. The molecule has 2 aliphatic heterocycles. The van der Waals surface area contributed by atoms with Gasteiger partial charge in [-0.25, -0.2) is 4.98 Å². The number of nitrogens with one attached hydrogen (secondary N) is 1. The van der Waals surface area contributed by atoms with Crippen molar-refractivity contribution >= 4 is 23.0 Å². The van der Waals surface area contributed by atoms with Crippen LogP contribution < -0.4 is 10.2 Å². The second kappa shape index (κ2) is 9.05. The summed E-state index contributed by atoms with van der Waals surface area (Å²) in [6.07, 6.45) is 6.88. The van der Waals surface area contributed by atoms with Crippen LogP contribution in [0.4, 0.5) is 17.1 Å². The molecule has 8 nitrogen and oxygen atoms in total. The lowest BCUT2D eigenvalue weighted by Crippen LogP contribution is -2.38. The number of aromatic nitrogens is 2. The summed E-state index contributed by atoms with van der Waals surface area (Å²) in [5.74, 6) is 1.05. The fourth-order valence-electron chi connectivity index (χ4n) is 4.79. The first-order valence-corrected chi connectivity index (χ1v) is 11.5. The number of hydrogen-bond donors (Lipinski definition) is 1. The van der Waals surface area contributed by atoms with Gasteiger partial charge in [-0.05, 0) is 43.9 Å². The van der Waals surface area contributed by atoms with E-state index in [-0.39, 0.29) is 22.4 Å². The van der Waals surface area contributed by atoms with Gasteiger partial charge in [-0.1, -0.05) is 24.3 Å². The van der Waals surface area contributed by atoms with Gasteiger partial charge in [0.15, 0.2) is 0 Å². The minimum atomic E-state index is -0.351. The molecule has 3 heterocycles. The van der Waals surface area contributed by atoms with Crippen molar-refractivity contribution in [3.8, 4) is 11.3 Å². The average molecular weight is 446 g/mol. The monoisotopic (exact) mass is 445 g/mol. The summed E-state index contributed by atoms with van der Waals surface area (Å²) in [6.45, 7) is 2.27. The zero-order chi connectivity index (χ0) is 22.8. The maximum Gasteiger partial charge on any atom is 0.292 e. The standard InChI is InChI=1S/C25H27N5O3/c31-25(19-12-15-28(16-13-19)22-5-1-2-6-23(22)30(32)33)26-20-10-8-18(9-11-20)21-17-29-14-4-3-7-24(29)27-21/h1-2,5-6,8-11,17,19H,3-4,7,12-16H2,(H,26,31). The Morgan fingerprint density at radius 2 is 1.79 bits per heavy atom. The second-order valence-corrected chi connectivity index (χ2v) is 8.77. The van der Waals surface area contributed by atoms with Gasteiger partial charge in [0.25, 0.3) is 5.69 Å². The molecule has 8 heteroatoms. The number of nitro benzene ring substituents is 1. The van der Waals surface area contributed by atoms with Gasteiger partial charge in [-0.15, -0.1) is 0 Å². The SMILES string of the molecule is O=C(Nc1ccc(-c2cn3c(n2)CCCC3)cc1)C1CCN(c2ccccc2[N+](=O)[O-])CC1. The topological polar surface area (TPSA) is 93.3 Å². The molecule has 0 atom stereocenters. The minimum Gasteiger partial charge on any atom is -0.366 e. The lowest BCUT2D eigenvalue weighted by Gasteiger charge is -2.32. The van der Waals surface area contributed by atoms with E-state index < -0.39 is 0 Å². The number of piperidine rings is 1. The van der Waals surface area contributed by atoms with Gasteiger partial charge < -0.3 is 14.8 Å². The number of nitrogens with zero attached hydrogens (tertiary/aromatic N) is 4. The predicted octanol–water partition coefficient (Wildman–Crippen LogP) is 4.65. The summed E-state index contributed by atoms with van der Waals surface area (Å²) in [5, 5.41) is 14.3. The zero-order valence-electron chi connectivity index (χ0n) is 18.4. The highest BCUT2D eigenvalue weighted by Gasteiger charge is 2.28. The fourth-order valence-corrected chi connectivity index (χ4v) is 4.79. The van der Waals surface area contributed by atoms with E-state index in [4.69, 9.17) is 4.98 Å². The van der Waals surface area contributed by atoms with Gasteiger partial charge in [0, 0.05) is 55.5 Å². The first kappa shape index (κ1) is 21.2. The Bertz CT molecular complexity index is 1140. The van der Waals surface area contributed by atoms with Gasteiger partial charge in [-0.3, -0.25) is 14.9 Å². The van der Waals surface area contributed by atoms with Crippen molar-refractivity contribution in [3.63, 3.8) is 0 Å². The molecule has 1 fully saturated rings. The smallest absolute Gasteiger partial charge is 0.292 e. The summed E-state index contributed by atoms with van der Waals surface area (Å²) in [7, 11) is 0. The van der Waals surface area contributed by atoms with Crippen molar-refractivity contribution in [2.45, 2.75) is 38.6 Å². The number of rotatable bonds is 5. The van der Waals surface area contributed by atoms with E-state index in [2.05, 4.69) is 16.1 Å². The summed E-state index contributed by atoms with van der Waals surface area (Å²) in [6, 6.07) is 14.6. The van der Waals surface area contributed by atoms with E-state index in [1.807, 2.05) is 35.2 Å². The highest BCUT2D eigenvalue weighted by Crippen LogP contribution is 2.31. The summed E-state index contributed by atoms with van der Waals surface area (Å²) >= 11 is 0. The molecule has 0 bridgehead atoms. The predicted molar refractivity (Wildman–Crippen MR) is 127 cm³/mol. The number of anilines is 2. The maximum absolute atomic E-state index is 12.8. The quantitative estimate of drug-likeness (QED) is 0.456. The molecule has 3 aromatic rings. The van der Waals surface area contributed by atoms with Crippen LogP contribution in [-0.2, 0) is 17.8 Å². The molecule has 0 unspecified atom stereocenters. The number of hydrogen-bond acceptors (Lipinski definition) is 5. The number of para-hydroxylation sites is 2. The van der Waals surface area contributed by atoms with E-state index in [1.165, 1.54) is 18.9 Å². The third kappa shape index (κ3) is 4.46. The second-order valence-electron chi connectivity index (χ2n) is 8.77. The largest absolute Gasteiger partial charge is 0.366 e. The minimum absolute atomic E-state index is 0.00224.